The van der Waals surface area contributed by atoms with Crippen LogP contribution < -0.4 is 0 Å². The van der Waals surface area contributed by atoms with Gasteiger partial charge in [0.15, 0.2) is 0 Å². The SMILES string of the molecule is CN(CCN1CCCC1)C(=O)c1ccc2cn[nH]c2c1. The number of nitrogens with zero attached hydrogens (tertiary/aromatic N) is 3. The Morgan fingerprint density at radius 2 is 2.20 bits per heavy atom. The number of fused-ring (bicyclic) bond motifs is 1. The zero-order chi connectivity index (χ0) is 13.9. The lowest BCUT2D eigenvalue weighted by molar-refractivity contribution is 0.0782. The second-order valence-electron chi connectivity index (χ2n) is 5.45. The van der Waals surface area contributed by atoms with Gasteiger partial charge < -0.3 is 9.80 Å². The summed E-state index contributed by atoms with van der Waals surface area (Å²) >= 11 is 0. The maximum atomic E-state index is 12.4. The number of hydrogen-bond donors (Lipinski definition) is 1. The standard InChI is InChI=1S/C15H20N4O/c1-18(8-9-19-6-2-3-7-19)15(20)12-4-5-13-11-16-17-14(13)10-12/h4-5,10-11H,2-3,6-9H2,1H3,(H,16,17). The molecule has 1 aliphatic rings. The lowest BCUT2D eigenvalue weighted by Crippen LogP contribution is -2.35. The quantitative estimate of drug-likeness (QED) is 0.922. The molecule has 1 N–H and O–H groups in total. The normalized spacial score (nSPS) is 15.8. The van der Waals surface area contributed by atoms with E-state index in [2.05, 4.69) is 15.1 Å². The summed E-state index contributed by atoms with van der Waals surface area (Å²) in [6.45, 7) is 4.08. The fourth-order valence-corrected chi connectivity index (χ4v) is 2.69. The van der Waals surface area contributed by atoms with Gasteiger partial charge in [0.25, 0.3) is 5.91 Å². The van der Waals surface area contributed by atoms with Crippen molar-refractivity contribution in [3.05, 3.63) is 30.0 Å². The third-order valence-electron chi connectivity index (χ3n) is 3.99. The lowest BCUT2D eigenvalue weighted by Gasteiger charge is -2.21. The molecular weight excluding hydrogens is 252 g/mol. The number of aromatic nitrogens is 2. The van der Waals surface area contributed by atoms with E-state index in [0.29, 0.717) is 5.56 Å². The summed E-state index contributed by atoms with van der Waals surface area (Å²) in [5, 5.41) is 7.91. The van der Waals surface area contributed by atoms with Gasteiger partial charge in [0.2, 0.25) is 0 Å². The molecular formula is C15H20N4O. The number of likely N-dealkylation sites (tertiary alicyclic amines) is 1. The second-order valence-corrected chi connectivity index (χ2v) is 5.45. The van der Waals surface area contributed by atoms with Crippen LogP contribution in [-0.2, 0) is 0 Å². The average Bonchev–Trinajstić information content (AvgIpc) is 3.13. The van der Waals surface area contributed by atoms with E-state index in [4.69, 9.17) is 0 Å². The first-order valence-electron chi connectivity index (χ1n) is 7.15. The highest BCUT2D eigenvalue weighted by molar-refractivity contribution is 5.97. The number of benzene rings is 1. The largest absolute Gasteiger partial charge is 0.340 e. The molecule has 5 nitrogen and oxygen atoms in total. The molecule has 1 saturated heterocycles. The summed E-state index contributed by atoms with van der Waals surface area (Å²) in [5.74, 6) is 0.0701. The second kappa shape index (κ2) is 5.63. The van der Waals surface area contributed by atoms with E-state index in [0.717, 1.165) is 24.0 Å². The van der Waals surface area contributed by atoms with E-state index in [1.807, 2.05) is 25.2 Å². The van der Waals surface area contributed by atoms with Crippen LogP contribution >= 0.6 is 0 Å². The van der Waals surface area contributed by atoms with Crippen molar-refractivity contribution in [2.75, 3.05) is 33.2 Å². The molecule has 1 amide bonds. The Morgan fingerprint density at radius 1 is 1.40 bits per heavy atom. The van der Waals surface area contributed by atoms with Crippen LogP contribution in [0.25, 0.3) is 10.9 Å². The number of amides is 1. The number of carbonyl (C=O) groups is 1. The minimum Gasteiger partial charge on any atom is -0.340 e. The fourth-order valence-electron chi connectivity index (χ4n) is 2.69. The molecule has 1 aromatic heterocycles. The molecule has 2 heterocycles. The van der Waals surface area contributed by atoms with Gasteiger partial charge in [0.05, 0.1) is 11.7 Å². The molecule has 2 aromatic rings. The van der Waals surface area contributed by atoms with Gasteiger partial charge in [-0.05, 0) is 38.1 Å². The van der Waals surface area contributed by atoms with Crippen LogP contribution in [0.15, 0.2) is 24.4 Å². The van der Waals surface area contributed by atoms with E-state index in [-0.39, 0.29) is 5.91 Å². The van der Waals surface area contributed by atoms with Crippen LogP contribution in [0.2, 0.25) is 0 Å². The highest BCUT2D eigenvalue weighted by Crippen LogP contribution is 2.14. The number of carbonyl (C=O) groups excluding carboxylic acids is 1. The van der Waals surface area contributed by atoms with Crippen molar-refractivity contribution in [1.82, 2.24) is 20.0 Å². The molecule has 1 fully saturated rings. The fraction of sp³-hybridized carbons (Fsp3) is 0.467. The lowest BCUT2D eigenvalue weighted by atomic mass is 10.1. The maximum Gasteiger partial charge on any atom is 0.253 e. The van der Waals surface area contributed by atoms with Gasteiger partial charge in [-0.15, -0.1) is 0 Å². The van der Waals surface area contributed by atoms with Crippen molar-refractivity contribution in [3.63, 3.8) is 0 Å². The summed E-state index contributed by atoms with van der Waals surface area (Å²) in [4.78, 5) is 16.6. The van der Waals surface area contributed by atoms with E-state index in [9.17, 15) is 4.79 Å². The molecule has 3 rings (SSSR count). The Hall–Kier alpha value is -1.88. The third-order valence-corrected chi connectivity index (χ3v) is 3.99. The smallest absolute Gasteiger partial charge is 0.253 e. The van der Waals surface area contributed by atoms with Crippen molar-refractivity contribution in [2.24, 2.45) is 0 Å². The molecule has 0 bridgehead atoms. The van der Waals surface area contributed by atoms with Gasteiger partial charge >= 0.3 is 0 Å². The van der Waals surface area contributed by atoms with Crippen molar-refractivity contribution in [1.29, 1.82) is 0 Å². The molecule has 0 unspecified atom stereocenters. The Balaban J connectivity index is 1.64. The van der Waals surface area contributed by atoms with Gasteiger partial charge in [0.1, 0.15) is 0 Å². The first-order chi connectivity index (χ1) is 9.74. The number of rotatable bonds is 4. The van der Waals surface area contributed by atoms with Gasteiger partial charge in [-0.3, -0.25) is 9.89 Å². The monoisotopic (exact) mass is 272 g/mol. The molecule has 0 spiro atoms. The Morgan fingerprint density at radius 3 is 3.00 bits per heavy atom. The van der Waals surface area contributed by atoms with Gasteiger partial charge in [0, 0.05) is 31.1 Å². The van der Waals surface area contributed by atoms with Crippen LogP contribution in [0, 0.1) is 0 Å². The number of likely N-dealkylation sites (N-methyl/N-ethyl adjacent to an activating group) is 1. The molecule has 20 heavy (non-hydrogen) atoms. The molecule has 0 aliphatic carbocycles. The van der Waals surface area contributed by atoms with Crippen LogP contribution in [0.5, 0.6) is 0 Å². The predicted octanol–water partition coefficient (Wildman–Crippen LogP) is 1.73. The maximum absolute atomic E-state index is 12.4. The van der Waals surface area contributed by atoms with Gasteiger partial charge in [-0.1, -0.05) is 6.07 Å². The molecule has 0 saturated carbocycles. The predicted molar refractivity (Wildman–Crippen MR) is 78.7 cm³/mol. The first-order valence-corrected chi connectivity index (χ1v) is 7.15. The van der Waals surface area contributed by atoms with Gasteiger partial charge in [-0.2, -0.15) is 5.10 Å². The highest BCUT2D eigenvalue weighted by atomic mass is 16.2. The van der Waals surface area contributed by atoms with Crippen molar-refractivity contribution >= 4 is 16.8 Å². The average molecular weight is 272 g/mol. The van der Waals surface area contributed by atoms with E-state index < -0.39 is 0 Å². The zero-order valence-electron chi connectivity index (χ0n) is 11.8. The molecule has 1 aliphatic heterocycles. The van der Waals surface area contributed by atoms with Crippen molar-refractivity contribution in [2.45, 2.75) is 12.8 Å². The van der Waals surface area contributed by atoms with E-state index >= 15 is 0 Å². The summed E-state index contributed by atoms with van der Waals surface area (Å²) in [5.41, 5.74) is 1.62. The summed E-state index contributed by atoms with van der Waals surface area (Å²) in [7, 11) is 1.87. The van der Waals surface area contributed by atoms with Crippen LogP contribution in [0.1, 0.15) is 23.2 Å². The van der Waals surface area contributed by atoms with E-state index in [1.54, 1.807) is 11.1 Å². The number of H-pyrrole nitrogens is 1. The Labute approximate surface area is 118 Å². The first kappa shape index (κ1) is 13.1. The zero-order valence-corrected chi connectivity index (χ0v) is 11.8. The number of nitrogens with one attached hydrogen (secondary N) is 1. The summed E-state index contributed by atoms with van der Waals surface area (Å²) < 4.78 is 0. The minimum absolute atomic E-state index is 0.0701. The van der Waals surface area contributed by atoms with Crippen LogP contribution in [0.3, 0.4) is 0 Å². The summed E-state index contributed by atoms with van der Waals surface area (Å²) in [6.07, 6.45) is 4.34. The topological polar surface area (TPSA) is 52.2 Å². The Bertz CT molecular complexity index is 601. The summed E-state index contributed by atoms with van der Waals surface area (Å²) in [6, 6.07) is 5.67. The van der Waals surface area contributed by atoms with Crippen molar-refractivity contribution < 1.29 is 4.79 Å². The number of aromatic amines is 1. The number of hydrogen-bond acceptors (Lipinski definition) is 3. The van der Waals surface area contributed by atoms with Crippen LogP contribution in [0.4, 0.5) is 0 Å². The third kappa shape index (κ3) is 2.67. The van der Waals surface area contributed by atoms with Crippen LogP contribution in [-0.4, -0.2) is 59.1 Å². The Kier molecular flexibility index (Phi) is 3.69. The highest BCUT2D eigenvalue weighted by Gasteiger charge is 2.15. The molecule has 0 atom stereocenters. The molecule has 5 heteroatoms. The molecule has 106 valence electrons. The molecule has 1 aromatic carbocycles. The van der Waals surface area contributed by atoms with E-state index in [1.165, 1.54) is 25.9 Å². The molecule has 0 radical (unpaired) electrons. The minimum atomic E-state index is 0.0701. The van der Waals surface area contributed by atoms with Crippen molar-refractivity contribution in [3.8, 4) is 0 Å². The van der Waals surface area contributed by atoms with Gasteiger partial charge in [-0.25, -0.2) is 0 Å².